The van der Waals surface area contributed by atoms with Gasteiger partial charge in [-0.3, -0.25) is 9.59 Å². The first-order valence-corrected chi connectivity index (χ1v) is 9.74. The van der Waals surface area contributed by atoms with Crippen molar-refractivity contribution in [1.82, 2.24) is 9.80 Å². The molecule has 0 radical (unpaired) electrons. The molecule has 3 heterocycles. The number of carbonyl (C=O) groups excluding carboxylic acids is 2. The molecule has 134 valence electrons. The molecular weight excluding hydrogens is 338 g/mol. The lowest BCUT2D eigenvalue weighted by molar-refractivity contribution is -0.138. The van der Waals surface area contributed by atoms with Crippen LogP contribution in [0.1, 0.15) is 28.9 Å². The van der Waals surface area contributed by atoms with Gasteiger partial charge in [-0.25, -0.2) is 0 Å². The molecule has 1 saturated carbocycles. The smallest absolute Gasteiger partial charge is 0.264 e. The highest BCUT2D eigenvalue weighted by atomic mass is 32.1. The predicted molar refractivity (Wildman–Crippen MR) is 96.5 cm³/mol. The standard InChI is InChI=1S/C18H23N3O3S/c19-11-12-2-1-3-13(12)17(22)20-5-7-21(8-6-20)18(23)16-10-14-15(25-16)4-9-24-14/h4,9-10,12-13H,1-3,5-8,11,19H2/t12-,13-/m1/s1. The molecule has 7 heteroatoms. The number of thiophene rings is 1. The number of nitrogens with zero attached hydrogens (tertiary/aromatic N) is 2. The number of hydrogen-bond acceptors (Lipinski definition) is 5. The average molecular weight is 361 g/mol. The molecule has 2 amide bonds. The lowest BCUT2D eigenvalue weighted by Crippen LogP contribution is -2.52. The molecule has 1 aliphatic carbocycles. The Morgan fingerprint density at radius 1 is 1.20 bits per heavy atom. The quantitative estimate of drug-likeness (QED) is 0.908. The van der Waals surface area contributed by atoms with Crippen LogP contribution in [0.15, 0.2) is 22.8 Å². The zero-order chi connectivity index (χ0) is 17.4. The third-order valence-electron chi connectivity index (χ3n) is 5.51. The van der Waals surface area contributed by atoms with Crippen molar-refractivity contribution < 1.29 is 14.0 Å². The summed E-state index contributed by atoms with van der Waals surface area (Å²) in [6, 6.07) is 3.69. The molecule has 2 N–H and O–H groups in total. The molecule has 1 aliphatic heterocycles. The molecule has 0 spiro atoms. The maximum Gasteiger partial charge on any atom is 0.264 e. The van der Waals surface area contributed by atoms with Gasteiger partial charge in [0, 0.05) is 38.2 Å². The van der Waals surface area contributed by atoms with E-state index in [1.807, 2.05) is 21.9 Å². The molecule has 2 fully saturated rings. The van der Waals surface area contributed by atoms with E-state index < -0.39 is 0 Å². The monoisotopic (exact) mass is 361 g/mol. The van der Waals surface area contributed by atoms with Gasteiger partial charge in [0.2, 0.25) is 5.91 Å². The van der Waals surface area contributed by atoms with Crippen LogP contribution >= 0.6 is 11.3 Å². The van der Waals surface area contributed by atoms with Gasteiger partial charge < -0.3 is 20.0 Å². The highest BCUT2D eigenvalue weighted by Gasteiger charge is 2.36. The molecule has 1 saturated heterocycles. The Bertz CT molecular complexity index is 747. The highest BCUT2D eigenvalue weighted by Crippen LogP contribution is 2.33. The van der Waals surface area contributed by atoms with E-state index >= 15 is 0 Å². The van der Waals surface area contributed by atoms with E-state index in [9.17, 15) is 9.59 Å². The first-order valence-electron chi connectivity index (χ1n) is 8.92. The van der Waals surface area contributed by atoms with Crippen LogP contribution in [0.5, 0.6) is 0 Å². The molecular formula is C18H23N3O3S. The van der Waals surface area contributed by atoms with Gasteiger partial charge in [-0.15, -0.1) is 11.3 Å². The molecule has 0 bridgehead atoms. The van der Waals surface area contributed by atoms with Crippen molar-refractivity contribution in [3.05, 3.63) is 23.3 Å². The van der Waals surface area contributed by atoms with Gasteiger partial charge >= 0.3 is 0 Å². The second kappa shape index (κ2) is 6.80. The van der Waals surface area contributed by atoms with Gasteiger partial charge in [0.15, 0.2) is 0 Å². The first kappa shape index (κ1) is 16.6. The number of nitrogens with two attached hydrogens (primary N) is 1. The number of hydrogen-bond donors (Lipinski definition) is 1. The summed E-state index contributed by atoms with van der Waals surface area (Å²) < 4.78 is 6.33. The summed E-state index contributed by atoms with van der Waals surface area (Å²) in [5, 5.41) is 0. The lowest BCUT2D eigenvalue weighted by atomic mass is 9.94. The Balaban J connectivity index is 1.37. The second-order valence-corrected chi connectivity index (χ2v) is 7.99. The van der Waals surface area contributed by atoms with Gasteiger partial charge in [-0.05, 0) is 31.4 Å². The summed E-state index contributed by atoms with van der Waals surface area (Å²) in [4.78, 5) is 29.9. The Hall–Kier alpha value is -1.86. The molecule has 6 nitrogen and oxygen atoms in total. The Kier molecular flexibility index (Phi) is 4.52. The number of carbonyl (C=O) groups is 2. The molecule has 4 rings (SSSR count). The second-order valence-electron chi connectivity index (χ2n) is 6.91. The predicted octanol–water partition coefficient (Wildman–Crippen LogP) is 2.15. The van der Waals surface area contributed by atoms with Gasteiger partial charge in [-0.1, -0.05) is 6.42 Å². The minimum Gasteiger partial charge on any atom is -0.463 e. The van der Waals surface area contributed by atoms with Crippen LogP contribution < -0.4 is 5.73 Å². The van der Waals surface area contributed by atoms with Gasteiger partial charge in [0.1, 0.15) is 5.58 Å². The molecule has 2 aromatic rings. The van der Waals surface area contributed by atoms with Crippen molar-refractivity contribution in [1.29, 1.82) is 0 Å². The van der Waals surface area contributed by atoms with Crippen LogP contribution in [-0.4, -0.2) is 54.3 Å². The average Bonchev–Trinajstić information content (AvgIpc) is 3.35. The number of rotatable bonds is 3. The number of fused-ring (bicyclic) bond motifs is 1. The fraction of sp³-hybridized carbons (Fsp3) is 0.556. The summed E-state index contributed by atoms with van der Waals surface area (Å²) in [6.45, 7) is 2.99. The summed E-state index contributed by atoms with van der Waals surface area (Å²) in [7, 11) is 0. The van der Waals surface area contributed by atoms with Gasteiger partial charge in [-0.2, -0.15) is 0 Å². The van der Waals surface area contributed by atoms with Crippen LogP contribution in [0.3, 0.4) is 0 Å². The Morgan fingerprint density at radius 3 is 2.68 bits per heavy atom. The maximum absolute atomic E-state index is 12.8. The molecule has 0 aromatic carbocycles. The van der Waals surface area contributed by atoms with E-state index in [4.69, 9.17) is 10.2 Å². The van der Waals surface area contributed by atoms with Crippen molar-refractivity contribution in [2.45, 2.75) is 19.3 Å². The lowest BCUT2D eigenvalue weighted by Gasteiger charge is -2.36. The minimum atomic E-state index is 0.0317. The van der Waals surface area contributed by atoms with Crippen LogP contribution in [0, 0.1) is 11.8 Å². The Labute approximate surface area is 150 Å². The number of furan rings is 1. The summed E-state index contributed by atoms with van der Waals surface area (Å²) in [6.07, 6.45) is 4.74. The van der Waals surface area contributed by atoms with E-state index in [-0.39, 0.29) is 17.7 Å². The van der Waals surface area contributed by atoms with Crippen molar-refractivity contribution in [2.24, 2.45) is 17.6 Å². The highest BCUT2D eigenvalue weighted by molar-refractivity contribution is 7.20. The molecule has 2 aromatic heterocycles. The van der Waals surface area contributed by atoms with Crippen LogP contribution in [0.4, 0.5) is 0 Å². The summed E-state index contributed by atoms with van der Waals surface area (Å²) >= 11 is 1.46. The van der Waals surface area contributed by atoms with E-state index in [0.29, 0.717) is 43.5 Å². The van der Waals surface area contributed by atoms with E-state index in [1.165, 1.54) is 11.3 Å². The molecule has 2 aliphatic rings. The first-order chi connectivity index (χ1) is 12.2. The van der Waals surface area contributed by atoms with Gasteiger partial charge in [0.05, 0.1) is 15.8 Å². The van der Waals surface area contributed by atoms with E-state index in [2.05, 4.69) is 0 Å². The number of piperazine rings is 1. The molecule has 25 heavy (non-hydrogen) atoms. The minimum absolute atomic E-state index is 0.0317. The largest absolute Gasteiger partial charge is 0.463 e. The SMILES string of the molecule is NC[C@H]1CCC[C@H]1C(=O)N1CCN(C(=O)c2cc3occc3s2)CC1. The summed E-state index contributed by atoms with van der Waals surface area (Å²) in [5.41, 5.74) is 6.57. The molecule has 2 atom stereocenters. The van der Waals surface area contributed by atoms with Crippen molar-refractivity contribution >= 4 is 33.4 Å². The van der Waals surface area contributed by atoms with Crippen LogP contribution in [0.25, 0.3) is 10.3 Å². The van der Waals surface area contributed by atoms with Crippen molar-refractivity contribution in [2.75, 3.05) is 32.7 Å². The fourth-order valence-electron chi connectivity index (χ4n) is 4.04. The third kappa shape index (κ3) is 3.06. The normalized spacial score (nSPS) is 24.2. The van der Waals surface area contributed by atoms with Gasteiger partial charge in [0.25, 0.3) is 5.91 Å². The third-order valence-corrected chi connectivity index (χ3v) is 6.58. The van der Waals surface area contributed by atoms with E-state index in [1.54, 1.807) is 6.26 Å². The van der Waals surface area contributed by atoms with Crippen molar-refractivity contribution in [3.63, 3.8) is 0 Å². The fourth-order valence-corrected chi connectivity index (χ4v) is 4.99. The van der Waals surface area contributed by atoms with Crippen molar-refractivity contribution in [3.8, 4) is 0 Å². The Morgan fingerprint density at radius 2 is 1.96 bits per heavy atom. The molecule has 0 unspecified atom stereocenters. The summed E-state index contributed by atoms with van der Waals surface area (Å²) in [5.74, 6) is 0.670. The maximum atomic E-state index is 12.8. The topological polar surface area (TPSA) is 79.8 Å². The van der Waals surface area contributed by atoms with Crippen LogP contribution in [0.2, 0.25) is 0 Å². The zero-order valence-electron chi connectivity index (χ0n) is 14.1. The zero-order valence-corrected chi connectivity index (χ0v) is 15.0. The van der Waals surface area contributed by atoms with E-state index in [0.717, 1.165) is 29.5 Å². The number of amides is 2. The van der Waals surface area contributed by atoms with Crippen LogP contribution in [-0.2, 0) is 4.79 Å².